The smallest absolute Gasteiger partial charge is 0.127 e. The summed E-state index contributed by atoms with van der Waals surface area (Å²) in [5.74, 6) is 1.55. The molecule has 0 atom stereocenters. The first kappa shape index (κ1) is 31.4. The van der Waals surface area contributed by atoms with Gasteiger partial charge in [0.05, 0.1) is 37.0 Å². The summed E-state index contributed by atoms with van der Waals surface area (Å²) < 4.78 is 11.6. The van der Waals surface area contributed by atoms with Crippen LogP contribution in [0, 0.1) is 0 Å². The second-order valence-corrected chi connectivity index (χ2v) is 12.2. The quantitative estimate of drug-likeness (QED) is 0.144. The van der Waals surface area contributed by atoms with Crippen molar-refractivity contribution >= 4 is 46.4 Å². The summed E-state index contributed by atoms with van der Waals surface area (Å²) in [6.07, 6.45) is 18.2. The van der Waals surface area contributed by atoms with Crippen molar-refractivity contribution in [3.05, 3.63) is 81.9 Å². The fourth-order valence-corrected chi connectivity index (χ4v) is 6.52. The Morgan fingerprint density at radius 2 is 1.00 bits per heavy atom. The lowest BCUT2D eigenvalue weighted by Gasteiger charge is -2.11. The minimum Gasteiger partial charge on any atom is -0.497 e. The zero-order valence-electron chi connectivity index (χ0n) is 27.9. The molecule has 0 fully saturated rings. The molecule has 4 aromatic rings. The number of methoxy groups -OCH3 is 2. The maximum absolute atomic E-state index is 5.92. The van der Waals surface area contributed by atoms with Crippen molar-refractivity contribution in [1.29, 1.82) is 0 Å². The van der Waals surface area contributed by atoms with E-state index in [1.165, 1.54) is 16.7 Å². The summed E-state index contributed by atoms with van der Waals surface area (Å²) in [6.45, 7) is 6.73. The molecule has 0 amide bonds. The second kappa shape index (κ2) is 14.2. The van der Waals surface area contributed by atoms with E-state index < -0.39 is 0 Å². The van der Waals surface area contributed by atoms with Gasteiger partial charge >= 0.3 is 0 Å². The van der Waals surface area contributed by atoms with Crippen LogP contribution in [0.1, 0.15) is 98.8 Å². The summed E-state index contributed by atoms with van der Waals surface area (Å²) in [4.78, 5) is 18.2. The first-order chi connectivity index (χ1) is 22.6. The summed E-state index contributed by atoms with van der Waals surface area (Å²) in [5.41, 5.74) is 14.0. The highest BCUT2D eigenvalue weighted by Crippen LogP contribution is 2.38. The average molecular weight is 615 g/mol. The Balaban J connectivity index is 1.77. The first-order valence-electron chi connectivity index (χ1n) is 16.9. The predicted molar refractivity (Wildman–Crippen MR) is 193 cm³/mol. The Hall–Kier alpha value is -4.58. The minimum absolute atomic E-state index is 0.775. The molecule has 2 N–H and O–H groups in total. The third kappa shape index (κ3) is 6.26. The number of benzene rings is 1. The summed E-state index contributed by atoms with van der Waals surface area (Å²) in [7, 11) is 3.42. The third-order valence-electron chi connectivity index (χ3n) is 9.09. The first-order valence-corrected chi connectivity index (χ1v) is 16.9. The van der Waals surface area contributed by atoms with Gasteiger partial charge in [-0.1, -0.05) is 40.0 Å². The number of aryl methyl sites for hydroxylation is 2. The van der Waals surface area contributed by atoms with Crippen LogP contribution in [0.5, 0.6) is 11.5 Å². The Kier molecular flexibility index (Phi) is 9.72. The van der Waals surface area contributed by atoms with Gasteiger partial charge in [0.15, 0.2) is 0 Å². The van der Waals surface area contributed by atoms with E-state index >= 15 is 0 Å². The molecule has 3 aromatic heterocycles. The van der Waals surface area contributed by atoms with Crippen molar-refractivity contribution in [2.45, 2.75) is 78.6 Å². The lowest BCUT2D eigenvalue weighted by Crippen LogP contribution is -1.96. The van der Waals surface area contributed by atoms with Crippen LogP contribution in [0.3, 0.4) is 0 Å². The van der Waals surface area contributed by atoms with Crippen molar-refractivity contribution < 1.29 is 9.47 Å². The topological polar surface area (TPSA) is 75.8 Å². The largest absolute Gasteiger partial charge is 0.497 e. The molecule has 0 saturated heterocycles. The van der Waals surface area contributed by atoms with Gasteiger partial charge in [-0.05, 0) is 105 Å². The van der Waals surface area contributed by atoms with Gasteiger partial charge in [-0.15, -0.1) is 0 Å². The number of aromatic nitrogens is 4. The van der Waals surface area contributed by atoms with E-state index in [0.29, 0.717) is 0 Å². The number of nitrogens with zero attached hydrogens (tertiary/aromatic N) is 2. The highest BCUT2D eigenvalue weighted by molar-refractivity contribution is 5.96. The summed E-state index contributed by atoms with van der Waals surface area (Å²) in [6, 6.07) is 14.7. The van der Waals surface area contributed by atoms with Gasteiger partial charge in [0.1, 0.15) is 11.5 Å². The van der Waals surface area contributed by atoms with Crippen LogP contribution >= 0.6 is 0 Å². The van der Waals surface area contributed by atoms with Crippen LogP contribution in [0.4, 0.5) is 0 Å². The Morgan fingerprint density at radius 1 is 0.543 bits per heavy atom. The molecule has 2 aliphatic rings. The van der Waals surface area contributed by atoms with Crippen molar-refractivity contribution in [3.8, 4) is 22.6 Å². The molecule has 0 spiro atoms. The number of aromatic amines is 2. The van der Waals surface area contributed by atoms with Gasteiger partial charge in [0.2, 0.25) is 0 Å². The molecule has 6 rings (SSSR count). The molecule has 2 aliphatic heterocycles. The fourth-order valence-electron chi connectivity index (χ4n) is 6.52. The number of unbranched alkanes of at least 4 members (excludes halogenated alkanes) is 3. The van der Waals surface area contributed by atoms with Gasteiger partial charge in [-0.3, -0.25) is 0 Å². The van der Waals surface area contributed by atoms with Gasteiger partial charge in [0, 0.05) is 49.9 Å². The van der Waals surface area contributed by atoms with Crippen LogP contribution in [0.25, 0.3) is 57.5 Å². The molecule has 0 saturated carbocycles. The molecule has 5 heterocycles. The molecule has 0 unspecified atom stereocenters. The van der Waals surface area contributed by atoms with E-state index in [9.17, 15) is 0 Å². The fraction of sp³-hybridized carbons (Fsp3) is 0.350. The van der Waals surface area contributed by atoms with E-state index in [1.54, 1.807) is 14.2 Å². The number of H-pyrrole nitrogens is 2. The van der Waals surface area contributed by atoms with Crippen LogP contribution in [-0.4, -0.2) is 34.2 Å². The normalized spacial score (nSPS) is 12.2. The van der Waals surface area contributed by atoms with Crippen LogP contribution in [-0.2, 0) is 19.3 Å². The number of hydrogen-bond donors (Lipinski definition) is 2. The van der Waals surface area contributed by atoms with Crippen LogP contribution in [0.2, 0.25) is 0 Å². The number of fused-ring (bicyclic) bond motifs is 8. The zero-order valence-corrected chi connectivity index (χ0v) is 27.9. The molecule has 8 bridgehead atoms. The highest BCUT2D eigenvalue weighted by Gasteiger charge is 2.18. The molecular formula is C40H46N4O2. The number of hydrogen-bond acceptors (Lipinski definition) is 4. The van der Waals surface area contributed by atoms with Crippen molar-refractivity contribution in [1.82, 2.24) is 19.9 Å². The molecule has 0 aliphatic carbocycles. The molecular weight excluding hydrogens is 568 g/mol. The van der Waals surface area contributed by atoms with Gasteiger partial charge < -0.3 is 19.4 Å². The highest BCUT2D eigenvalue weighted by atomic mass is 16.5. The Morgan fingerprint density at radius 3 is 1.46 bits per heavy atom. The monoisotopic (exact) mass is 614 g/mol. The van der Waals surface area contributed by atoms with E-state index in [1.807, 2.05) is 12.1 Å². The maximum Gasteiger partial charge on any atom is 0.127 e. The lowest BCUT2D eigenvalue weighted by molar-refractivity contribution is 0.404. The number of ether oxygens (including phenoxy) is 2. The Labute approximate surface area is 272 Å². The van der Waals surface area contributed by atoms with Gasteiger partial charge in [-0.2, -0.15) is 0 Å². The van der Waals surface area contributed by atoms with E-state index in [4.69, 9.17) is 19.4 Å². The van der Waals surface area contributed by atoms with Gasteiger partial charge in [-0.25, -0.2) is 9.97 Å². The Bertz CT molecular complexity index is 1840. The predicted octanol–water partition coefficient (Wildman–Crippen LogP) is 10.4. The van der Waals surface area contributed by atoms with Crippen LogP contribution in [0.15, 0.2) is 42.5 Å². The standard InChI is InChI=1S/C40H46N4O2/c1-6-9-12-27-31-16-18-33(41-31)28(13-10-7-2)35-20-22-37(43-35)40(30-25-26(45-4)15-24-39(30)46-5)38-23-21-36(44-38)29(14-11-8-3)34-19-17-32(27)42-34/h15-25,43-44H,6-14H2,1-5H3. The lowest BCUT2D eigenvalue weighted by atomic mass is 10.0. The molecule has 238 valence electrons. The number of rotatable bonds is 12. The van der Waals surface area contributed by atoms with Crippen LogP contribution < -0.4 is 9.47 Å². The summed E-state index contributed by atoms with van der Waals surface area (Å²) in [5, 5.41) is 0. The van der Waals surface area contributed by atoms with E-state index in [2.05, 4.69) is 85.4 Å². The molecule has 0 radical (unpaired) electrons. The molecule has 46 heavy (non-hydrogen) atoms. The van der Waals surface area contributed by atoms with Crippen molar-refractivity contribution in [2.24, 2.45) is 0 Å². The minimum atomic E-state index is 0.775. The van der Waals surface area contributed by atoms with E-state index in [0.717, 1.165) is 125 Å². The SMILES string of the molecule is CCCCc1c2nc(c(CCCC)c3ccc([nH]3)c(-c3cc(OC)ccc3OC)c3ccc([nH]3)c(CCCC)c3nc1C=C3)C=C2. The molecule has 6 heteroatoms. The third-order valence-corrected chi connectivity index (χ3v) is 9.09. The van der Waals surface area contributed by atoms with Crippen molar-refractivity contribution in [2.75, 3.05) is 14.2 Å². The van der Waals surface area contributed by atoms with Gasteiger partial charge in [0.25, 0.3) is 0 Å². The summed E-state index contributed by atoms with van der Waals surface area (Å²) >= 11 is 0. The molecule has 6 nitrogen and oxygen atoms in total. The van der Waals surface area contributed by atoms with Crippen molar-refractivity contribution in [3.63, 3.8) is 0 Å². The number of nitrogens with one attached hydrogen (secondary N) is 2. The maximum atomic E-state index is 5.92. The molecule has 1 aromatic carbocycles. The second-order valence-electron chi connectivity index (χ2n) is 12.2. The average Bonchev–Trinajstić information content (AvgIpc) is 3.91. The van der Waals surface area contributed by atoms with E-state index in [-0.39, 0.29) is 0 Å². The zero-order chi connectivity index (χ0) is 32.0.